The molecule has 0 spiro atoms. The van der Waals surface area contributed by atoms with Crippen molar-refractivity contribution in [2.75, 3.05) is 13.1 Å². The van der Waals surface area contributed by atoms with E-state index in [-0.39, 0.29) is 16.1 Å². The molecule has 1 aliphatic rings. The number of amides is 1. The minimum atomic E-state index is -1.46. The molecule has 140 valence electrons. The van der Waals surface area contributed by atoms with Gasteiger partial charge in [-0.15, -0.1) is 0 Å². The lowest BCUT2D eigenvalue weighted by Gasteiger charge is -2.24. The molecule has 0 radical (unpaired) electrons. The van der Waals surface area contributed by atoms with Gasteiger partial charge in [0, 0.05) is 25.2 Å². The third-order valence-corrected chi connectivity index (χ3v) is 5.51. The van der Waals surface area contributed by atoms with Gasteiger partial charge in [-0.05, 0) is 33.3 Å². The summed E-state index contributed by atoms with van der Waals surface area (Å²) in [7, 11) is -1.46. The number of imidazole rings is 1. The van der Waals surface area contributed by atoms with E-state index in [9.17, 15) is 19.1 Å². The maximum Gasteiger partial charge on any atom is 0.410 e. The summed E-state index contributed by atoms with van der Waals surface area (Å²) in [5, 5.41) is 10.9. The maximum atomic E-state index is 12.8. The fourth-order valence-corrected chi connectivity index (χ4v) is 4.09. The molecule has 1 aromatic carbocycles. The van der Waals surface area contributed by atoms with E-state index in [1.165, 1.54) is 18.2 Å². The van der Waals surface area contributed by atoms with E-state index in [0.29, 0.717) is 30.5 Å². The van der Waals surface area contributed by atoms with Crippen LogP contribution in [-0.2, 0) is 15.5 Å². The van der Waals surface area contributed by atoms with Gasteiger partial charge in [-0.1, -0.05) is 0 Å². The van der Waals surface area contributed by atoms with Crippen LogP contribution in [-0.4, -0.2) is 54.0 Å². The predicted molar refractivity (Wildman–Crippen MR) is 95.4 cm³/mol. The van der Waals surface area contributed by atoms with Gasteiger partial charge in [-0.25, -0.2) is 9.78 Å². The lowest BCUT2D eigenvalue weighted by Crippen LogP contribution is -2.36. The van der Waals surface area contributed by atoms with E-state index in [2.05, 4.69) is 9.97 Å². The highest BCUT2D eigenvalue weighted by Crippen LogP contribution is 2.24. The van der Waals surface area contributed by atoms with Crippen molar-refractivity contribution in [3.05, 3.63) is 28.3 Å². The SMILES string of the molecule is CC(C)(C)OC(=O)N1CC[C@@H](S(=O)c2nc3ccc([N+](=O)[O-])cc3[nH]2)C1. The van der Waals surface area contributed by atoms with Gasteiger partial charge < -0.3 is 14.6 Å². The van der Waals surface area contributed by atoms with Gasteiger partial charge in [-0.3, -0.25) is 14.3 Å². The number of rotatable bonds is 3. The first-order valence-electron chi connectivity index (χ1n) is 8.17. The van der Waals surface area contributed by atoms with Crippen molar-refractivity contribution in [2.45, 2.75) is 43.2 Å². The second kappa shape index (κ2) is 6.67. The fraction of sp³-hybridized carbons (Fsp3) is 0.500. The average Bonchev–Trinajstić information content (AvgIpc) is 3.18. The molecule has 3 rings (SSSR count). The molecule has 26 heavy (non-hydrogen) atoms. The number of hydrogen-bond donors (Lipinski definition) is 1. The largest absolute Gasteiger partial charge is 0.444 e. The molecule has 1 unspecified atom stereocenters. The van der Waals surface area contributed by atoms with Crippen LogP contribution < -0.4 is 0 Å². The first kappa shape index (κ1) is 18.3. The van der Waals surface area contributed by atoms with Gasteiger partial charge >= 0.3 is 6.09 Å². The van der Waals surface area contributed by atoms with E-state index < -0.39 is 27.4 Å². The van der Waals surface area contributed by atoms with Gasteiger partial charge in [0.15, 0.2) is 5.16 Å². The van der Waals surface area contributed by atoms with Crippen molar-refractivity contribution in [2.24, 2.45) is 0 Å². The molecule has 2 atom stereocenters. The van der Waals surface area contributed by atoms with Gasteiger partial charge in [0.05, 0.1) is 32.0 Å². The number of nitro groups is 1. The number of carbonyl (C=O) groups excluding carboxylic acids is 1. The number of aromatic nitrogens is 2. The summed E-state index contributed by atoms with van der Waals surface area (Å²) >= 11 is 0. The molecule has 0 aliphatic carbocycles. The minimum absolute atomic E-state index is 0.0598. The summed E-state index contributed by atoms with van der Waals surface area (Å²) in [5.41, 5.74) is 0.336. The molecular weight excluding hydrogens is 360 g/mol. The van der Waals surface area contributed by atoms with E-state index in [1.807, 2.05) is 0 Å². The van der Waals surface area contributed by atoms with Crippen LogP contribution in [0.4, 0.5) is 10.5 Å². The highest BCUT2D eigenvalue weighted by molar-refractivity contribution is 7.85. The number of H-pyrrole nitrogens is 1. The molecule has 1 saturated heterocycles. The third-order valence-electron chi connectivity index (χ3n) is 3.94. The predicted octanol–water partition coefficient (Wildman–Crippen LogP) is 2.59. The Bertz CT molecular complexity index is 888. The van der Waals surface area contributed by atoms with Crippen LogP contribution in [0.1, 0.15) is 27.2 Å². The molecular formula is C16H20N4O5S. The molecule has 2 heterocycles. The fourth-order valence-electron chi connectivity index (χ4n) is 2.74. The number of fused-ring (bicyclic) bond motifs is 1. The monoisotopic (exact) mass is 380 g/mol. The maximum absolute atomic E-state index is 12.8. The Balaban J connectivity index is 1.73. The normalized spacial score (nSPS) is 18.9. The molecule has 0 bridgehead atoms. The molecule has 1 aliphatic heterocycles. The number of nitrogens with one attached hydrogen (secondary N) is 1. The molecule has 0 saturated carbocycles. The number of nitro benzene ring substituents is 1. The minimum Gasteiger partial charge on any atom is -0.444 e. The Kier molecular flexibility index (Phi) is 4.70. The van der Waals surface area contributed by atoms with Crippen LogP contribution in [0.25, 0.3) is 11.0 Å². The first-order chi connectivity index (χ1) is 12.1. The van der Waals surface area contributed by atoms with Crippen LogP contribution in [0, 0.1) is 10.1 Å². The molecule has 2 aromatic rings. The number of likely N-dealkylation sites (tertiary alicyclic amines) is 1. The average molecular weight is 380 g/mol. The van der Waals surface area contributed by atoms with E-state index in [4.69, 9.17) is 4.74 Å². The van der Waals surface area contributed by atoms with Crippen LogP contribution in [0.5, 0.6) is 0 Å². The zero-order valence-electron chi connectivity index (χ0n) is 14.7. The van der Waals surface area contributed by atoms with E-state index >= 15 is 0 Å². The Hall–Kier alpha value is -2.49. The topological polar surface area (TPSA) is 118 Å². The van der Waals surface area contributed by atoms with Crippen molar-refractivity contribution in [1.82, 2.24) is 14.9 Å². The second-order valence-corrected chi connectivity index (χ2v) is 8.78. The van der Waals surface area contributed by atoms with Gasteiger partial charge in [-0.2, -0.15) is 0 Å². The number of benzene rings is 1. The number of nitrogens with zero attached hydrogens (tertiary/aromatic N) is 3. The Labute approximate surface area is 152 Å². The van der Waals surface area contributed by atoms with E-state index in [1.54, 1.807) is 25.7 Å². The number of ether oxygens (including phenoxy) is 1. The number of carbonyl (C=O) groups is 1. The zero-order valence-corrected chi connectivity index (χ0v) is 15.5. The van der Waals surface area contributed by atoms with Crippen LogP contribution in [0.2, 0.25) is 0 Å². The molecule has 9 nitrogen and oxygen atoms in total. The summed E-state index contributed by atoms with van der Waals surface area (Å²) in [6.07, 6.45) is 0.153. The Morgan fingerprint density at radius 2 is 2.19 bits per heavy atom. The lowest BCUT2D eigenvalue weighted by atomic mass is 10.2. The quantitative estimate of drug-likeness (QED) is 0.646. The first-order valence-corrected chi connectivity index (χ1v) is 9.38. The standard InChI is InChI=1S/C16H20N4O5S/c1-16(2,3)25-15(21)19-7-6-11(9-19)26(24)14-17-12-5-4-10(20(22)23)8-13(12)18-14/h4-5,8,11H,6-7,9H2,1-3H3,(H,17,18)/t11-,26?/m1/s1. The highest BCUT2D eigenvalue weighted by atomic mass is 32.2. The molecule has 1 N–H and O–H groups in total. The van der Waals surface area contributed by atoms with Crippen molar-refractivity contribution in [3.8, 4) is 0 Å². The highest BCUT2D eigenvalue weighted by Gasteiger charge is 2.34. The van der Waals surface area contributed by atoms with Crippen LogP contribution in [0.3, 0.4) is 0 Å². The summed E-state index contributed by atoms with van der Waals surface area (Å²) in [5.74, 6) is 0. The number of hydrogen-bond acceptors (Lipinski definition) is 6. The molecule has 1 fully saturated rings. The summed E-state index contributed by atoms with van der Waals surface area (Å²) in [6.45, 7) is 6.17. The van der Waals surface area contributed by atoms with Gasteiger partial charge in [0.2, 0.25) is 0 Å². The second-order valence-electron chi connectivity index (χ2n) is 7.13. The number of aromatic amines is 1. The van der Waals surface area contributed by atoms with E-state index in [0.717, 1.165) is 0 Å². The molecule has 1 amide bonds. The summed E-state index contributed by atoms with van der Waals surface area (Å²) in [4.78, 5) is 31.2. The van der Waals surface area contributed by atoms with Crippen molar-refractivity contribution in [3.63, 3.8) is 0 Å². The van der Waals surface area contributed by atoms with Gasteiger partial charge in [0.25, 0.3) is 5.69 Å². The summed E-state index contributed by atoms with van der Waals surface area (Å²) < 4.78 is 18.1. The van der Waals surface area contributed by atoms with Gasteiger partial charge in [0.1, 0.15) is 5.60 Å². The Morgan fingerprint density at radius 1 is 1.46 bits per heavy atom. The Morgan fingerprint density at radius 3 is 2.85 bits per heavy atom. The zero-order chi connectivity index (χ0) is 19.1. The third kappa shape index (κ3) is 3.85. The smallest absolute Gasteiger partial charge is 0.410 e. The summed E-state index contributed by atoms with van der Waals surface area (Å²) in [6, 6.07) is 4.24. The lowest BCUT2D eigenvalue weighted by molar-refractivity contribution is -0.384. The molecule has 10 heteroatoms. The number of non-ortho nitro benzene ring substituents is 1. The van der Waals surface area contributed by atoms with Crippen LogP contribution >= 0.6 is 0 Å². The molecule has 1 aromatic heterocycles. The van der Waals surface area contributed by atoms with Crippen molar-refractivity contribution < 1.29 is 18.7 Å². The van der Waals surface area contributed by atoms with Crippen molar-refractivity contribution >= 4 is 33.6 Å². The van der Waals surface area contributed by atoms with Crippen molar-refractivity contribution in [1.29, 1.82) is 0 Å². The van der Waals surface area contributed by atoms with Crippen LogP contribution in [0.15, 0.2) is 23.4 Å².